The number of nitrogens with two attached hydrogens (primary N) is 1. The molecule has 1 fully saturated rings. The standard InChI is InChI=1S/C63H63ClN14O18S5/c1-24(50(65)81)66-51(82)33-21-100-59(71-33)44-38(80)14-29-43(73-44)32-19-98-57(68-32)31-18-93-61(87)46-30-17-91-47(48(96-39-15-63(5,89)49(77(6)7)27(4)95-39)62(88)92-16-28-10-9-11-37(40(28)30)78(46)94-13-12-64)45(60-72-34(22-101-60)52(83)67-31)76-54(85)36-23-99-58(70-36)42(26(3)90-8)75-55(86)41(25(2)79)74-53(84)35-20-97-56(29)69-35/h9-11,14,19-23,25,27,31,39,41,45,47-49,79-80,89H,1,12-13,15-18H2,2-8H3,(H2,65,81)(H,66,82)(H,67,83)(H,74,84)(H,75,86)(H,76,85)/b42-26-. The van der Waals surface area contributed by atoms with Crippen molar-refractivity contribution in [2.75, 3.05) is 40.3 Å². The zero-order chi connectivity index (χ0) is 72.0. The van der Waals surface area contributed by atoms with E-state index in [1.807, 2.05) is 0 Å². The fourth-order valence-corrected chi connectivity index (χ4v) is 16.2. The van der Waals surface area contributed by atoms with Crippen LogP contribution in [-0.2, 0) is 56.0 Å². The average molecular weight is 1500 g/mol. The van der Waals surface area contributed by atoms with Crippen LogP contribution < -0.4 is 37.2 Å². The fourth-order valence-electron chi connectivity index (χ4n) is 12.0. The zero-order valence-corrected chi connectivity index (χ0v) is 59.2. The van der Waals surface area contributed by atoms with Crippen LogP contribution in [0.1, 0.15) is 125 Å². The highest BCUT2D eigenvalue weighted by Gasteiger charge is 2.50. The van der Waals surface area contributed by atoms with Crippen molar-refractivity contribution >= 4 is 132 Å². The van der Waals surface area contributed by atoms with Crippen molar-refractivity contribution in [2.45, 2.75) is 108 Å². The number of methoxy groups -OCH3 is 1. The number of esters is 2. The minimum absolute atomic E-state index is 0.00692. The van der Waals surface area contributed by atoms with Crippen LogP contribution in [-0.4, -0.2) is 191 Å². The van der Waals surface area contributed by atoms with Gasteiger partial charge in [-0.3, -0.25) is 28.8 Å². The third kappa shape index (κ3) is 14.5. The molecule has 38 heteroatoms. The molecule has 0 saturated carbocycles. The molecule has 101 heavy (non-hydrogen) atoms. The maximum Gasteiger partial charge on any atom is 0.358 e. The Balaban J connectivity index is 1.06. The number of aromatic hydroxyl groups is 1. The molecule has 0 aliphatic carbocycles. The van der Waals surface area contributed by atoms with Crippen molar-refractivity contribution in [2.24, 2.45) is 5.73 Å². The molecule has 10 N–H and O–H groups in total. The van der Waals surface area contributed by atoms with Crippen LogP contribution in [0.4, 0.5) is 0 Å². The zero-order valence-electron chi connectivity index (χ0n) is 54.4. The molecule has 11 heterocycles. The number of cyclic esters (lactones) is 2. The van der Waals surface area contributed by atoms with Crippen LogP contribution in [0.5, 0.6) is 5.75 Å². The third-order valence-electron chi connectivity index (χ3n) is 16.6. The molecule has 7 aromatic heterocycles. The van der Waals surface area contributed by atoms with Crippen LogP contribution >= 0.6 is 68.3 Å². The number of hydrogen-bond acceptors (Lipinski definition) is 30. The van der Waals surface area contributed by atoms with E-state index in [4.69, 9.17) is 65.5 Å². The maximum absolute atomic E-state index is 15.4. The van der Waals surface area contributed by atoms with E-state index in [0.717, 1.165) is 56.7 Å². The van der Waals surface area contributed by atoms with Crippen molar-refractivity contribution in [3.05, 3.63) is 124 Å². The van der Waals surface area contributed by atoms with E-state index in [2.05, 4.69) is 48.1 Å². The molecule has 8 aromatic rings. The lowest BCUT2D eigenvalue weighted by Crippen LogP contribution is -2.62. The number of benzene rings is 1. The predicted octanol–water partition coefficient (Wildman–Crippen LogP) is 4.32. The van der Waals surface area contributed by atoms with Gasteiger partial charge in [0.25, 0.3) is 29.5 Å². The Morgan fingerprint density at radius 3 is 2.27 bits per heavy atom. The number of fused-ring (bicyclic) bond motifs is 15. The smallest absolute Gasteiger partial charge is 0.358 e. The Bertz CT molecular complexity index is 4670. The van der Waals surface area contributed by atoms with Gasteiger partial charge < -0.3 is 85.8 Å². The quantitative estimate of drug-likeness (QED) is 0.0356. The molecule has 10 atom stereocenters. The first-order valence-electron chi connectivity index (χ1n) is 30.7. The van der Waals surface area contributed by atoms with Crippen molar-refractivity contribution < 1.29 is 86.9 Å². The molecule has 32 nitrogen and oxygen atoms in total. The van der Waals surface area contributed by atoms with Gasteiger partial charge in [0.15, 0.2) is 18.1 Å². The number of allylic oxidation sites excluding steroid dienone is 1. The van der Waals surface area contributed by atoms with Crippen LogP contribution in [0, 0.1) is 0 Å². The molecule has 1 saturated heterocycles. The van der Waals surface area contributed by atoms with Crippen LogP contribution in [0.3, 0.4) is 0 Å². The van der Waals surface area contributed by atoms with E-state index < -0.39 is 139 Å². The largest absolute Gasteiger partial charge is 0.506 e. The van der Waals surface area contributed by atoms with Gasteiger partial charge in [0.05, 0.1) is 54.7 Å². The molecule has 12 bridgehead atoms. The van der Waals surface area contributed by atoms with E-state index >= 15 is 19.2 Å². The summed E-state index contributed by atoms with van der Waals surface area (Å²) >= 11 is 10.8. The van der Waals surface area contributed by atoms with Gasteiger partial charge in [-0.2, -0.15) is 4.73 Å². The van der Waals surface area contributed by atoms with Gasteiger partial charge in [-0.1, -0.05) is 18.7 Å². The number of aliphatic hydroxyl groups is 2. The molecule has 12 rings (SSSR count). The lowest BCUT2D eigenvalue weighted by Gasteiger charge is -2.48. The summed E-state index contributed by atoms with van der Waals surface area (Å²) < 4.78 is 39.4. The number of pyridine rings is 1. The number of amides is 6. The topological polar surface area (TPSA) is 434 Å². The summed E-state index contributed by atoms with van der Waals surface area (Å²) in [5, 5.41) is 55.7. The Morgan fingerprint density at radius 1 is 0.881 bits per heavy atom. The van der Waals surface area contributed by atoms with Gasteiger partial charge in [0.1, 0.15) is 126 Å². The van der Waals surface area contributed by atoms with Gasteiger partial charge >= 0.3 is 11.9 Å². The van der Waals surface area contributed by atoms with Crippen molar-refractivity contribution in [1.29, 1.82) is 0 Å². The van der Waals surface area contributed by atoms with Gasteiger partial charge in [-0.05, 0) is 59.5 Å². The maximum atomic E-state index is 15.4. The molecular weight excluding hydrogens is 1440 g/mol. The number of primary amides is 1. The van der Waals surface area contributed by atoms with Gasteiger partial charge in [0, 0.05) is 49.8 Å². The van der Waals surface area contributed by atoms with Crippen molar-refractivity contribution in [3.63, 3.8) is 0 Å². The van der Waals surface area contributed by atoms with E-state index in [1.54, 1.807) is 51.0 Å². The van der Waals surface area contributed by atoms with E-state index in [0.29, 0.717) is 10.9 Å². The number of carbonyl (C=O) groups excluding carboxylic acids is 8. The second-order valence-electron chi connectivity index (χ2n) is 23.8. The summed E-state index contributed by atoms with van der Waals surface area (Å²) in [6.45, 7) is 7.70. The van der Waals surface area contributed by atoms with E-state index in [-0.39, 0.29) is 118 Å². The van der Waals surface area contributed by atoms with Crippen LogP contribution in [0.2, 0.25) is 0 Å². The number of halogens is 1. The van der Waals surface area contributed by atoms with Crippen molar-refractivity contribution in [3.8, 4) is 38.4 Å². The number of carbonyl (C=O) groups is 8. The highest BCUT2D eigenvalue weighted by atomic mass is 35.5. The van der Waals surface area contributed by atoms with Crippen molar-refractivity contribution in [1.82, 2.24) is 66.1 Å². The van der Waals surface area contributed by atoms with Crippen LogP contribution in [0.25, 0.3) is 49.3 Å². The summed E-state index contributed by atoms with van der Waals surface area (Å²) in [6, 6.07) is 0.973. The highest BCUT2D eigenvalue weighted by Crippen LogP contribution is 2.43. The molecular formula is C63H63ClN14O18S5. The summed E-state index contributed by atoms with van der Waals surface area (Å²) in [6.07, 6.45) is -7.51. The lowest BCUT2D eigenvalue weighted by molar-refractivity contribution is -0.280. The second kappa shape index (κ2) is 29.4. The normalized spacial score (nSPS) is 23.6. The first-order valence-corrected chi connectivity index (χ1v) is 35.6. The molecule has 0 spiro atoms. The number of rotatable bonds is 12. The first kappa shape index (κ1) is 71.6. The Hall–Kier alpha value is -9.25. The fraction of sp³-hybridized carbons (Fsp3) is 0.365. The minimum atomic E-state index is -1.91. The number of likely N-dealkylation sites (N-methyl/N-ethyl adjacent to an activating group) is 1. The number of nitrogens with one attached hydrogen (secondary N) is 5. The average Bonchev–Trinajstić information content (AvgIpc) is 1.63. The number of alkyl halides is 1. The Kier molecular flexibility index (Phi) is 20.8. The number of aliphatic hydroxyl groups excluding tert-OH is 1. The Labute approximate surface area is 597 Å². The first-order chi connectivity index (χ1) is 48.2. The molecule has 1 aromatic carbocycles. The predicted molar refractivity (Wildman–Crippen MR) is 365 cm³/mol. The summed E-state index contributed by atoms with van der Waals surface area (Å²) in [4.78, 5) is 151. The Morgan fingerprint density at radius 2 is 1.55 bits per heavy atom. The number of nitrogens with zero attached hydrogens (tertiary/aromatic N) is 8. The van der Waals surface area contributed by atoms with Gasteiger partial charge in [-0.25, -0.2) is 39.5 Å². The van der Waals surface area contributed by atoms with Gasteiger partial charge in [0.2, 0.25) is 5.91 Å². The van der Waals surface area contributed by atoms with Gasteiger partial charge in [-0.15, -0.1) is 68.3 Å². The van der Waals surface area contributed by atoms with E-state index in [1.165, 1.54) is 58.7 Å². The number of ether oxygens (including phenoxy) is 6. The monoisotopic (exact) mass is 1500 g/mol. The van der Waals surface area contributed by atoms with E-state index in [9.17, 15) is 34.5 Å². The summed E-state index contributed by atoms with van der Waals surface area (Å²) in [7, 11) is 4.86. The minimum Gasteiger partial charge on any atom is -0.506 e. The highest BCUT2D eigenvalue weighted by molar-refractivity contribution is 7.14. The third-order valence-corrected chi connectivity index (χ3v) is 21.2. The number of thiazole rings is 5. The molecule has 0 radical (unpaired) electrons. The second-order valence-corrected chi connectivity index (χ2v) is 28.6. The summed E-state index contributed by atoms with van der Waals surface area (Å²) in [5.74, 6) is -8.15. The molecule has 10 unspecified atom stereocenters. The number of aromatic nitrogens is 7. The lowest BCUT2D eigenvalue weighted by atomic mass is 9.85. The molecule has 530 valence electrons. The SMILES string of the molecule is C=C(NC(=O)c1csc(-c2nc3c(cc2O)-c2nc(cs2)C(=O)NC(C(C)O)C(=O)N/C(=C(/C)OC)c2nc(cs2)C(=O)NC2c4nc(cs4)C(=O)NC(COC(=O)c4c5c6c(cccc6n4OCCCl)COC(=O)C(OC4CC(C)(O)C(N(C)C)C(C)O4)C2OC5)c2nc-3cs2)n1)C(N)=O. The van der Waals surface area contributed by atoms with Crippen LogP contribution in [0.15, 0.2) is 69.2 Å². The molecule has 6 amide bonds. The number of hydrogen-bond donors (Lipinski definition) is 9. The summed E-state index contributed by atoms with van der Waals surface area (Å²) in [5.41, 5.74) is 2.73. The molecule has 4 aliphatic rings. The molecule has 4 aliphatic heterocycles.